The van der Waals surface area contributed by atoms with E-state index < -0.39 is 32.4 Å². The monoisotopic (exact) mass is 298 g/mol. The quantitative estimate of drug-likeness (QED) is 0.884. The molecule has 1 aromatic rings. The maximum atomic E-state index is 11.9. The number of sulfone groups is 1. The van der Waals surface area contributed by atoms with Gasteiger partial charge in [-0.05, 0) is 12.5 Å². The van der Waals surface area contributed by atoms with Crippen molar-refractivity contribution in [3.8, 4) is 0 Å². The summed E-state index contributed by atoms with van der Waals surface area (Å²) >= 11 is 0. The van der Waals surface area contributed by atoms with Crippen LogP contribution in [0.2, 0.25) is 0 Å². The molecule has 5 nitrogen and oxygen atoms in total. The van der Waals surface area contributed by atoms with E-state index >= 15 is 0 Å². The molecule has 0 aromatic heterocycles. The van der Waals surface area contributed by atoms with Crippen LogP contribution in [0.1, 0.15) is 17.0 Å². The van der Waals surface area contributed by atoms with Gasteiger partial charge in [0.1, 0.15) is 5.41 Å². The van der Waals surface area contributed by atoms with Crippen molar-refractivity contribution in [2.24, 2.45) is 5.41 Å². The van der Waals surface area contributed by atoms with E-state index in [1.807, 2.05) is 19.1 Å². The minimum Gasteiger partial charge on any atom is -0.481 e. The number of carboxylic acids is 1. The lowest BCUT2D eigenvalue weighted by atomic mass is 9.99. The first-order valence-corrected chi connectivity index (χ1v) is 8.18. The van der Waals surface area contributed by atoms with Gasteiger partial charge in [-0.1, -0.05) is 29.8 Å². The highest BCUT2D eigenvalue weighted by Crippen LogP contribution is 2.63. The highest BCUT2D eigenvalue weighted by Gasteiger charge is 2.74. The van der Waals surface area contributed by atoms with Crippen LogP contribution in [0.4, 0.5) is 0 Å². The number of aryl methyl sites for hydroxylation is 1. The summed E-state index contributed by atoms with van der Waals surface area (Å²) in [5.74, 6) is -1.68. The Balaban J connectivity index is 2.49. The van der Waals surface area contributed by atoms with E-state index in [-0.39, 0.29) is 6.61 Å². The van der Waals surface area contributed by atoms with Crippen LogP contribution >= 0.6 is 0 Å². The zero-order valence-electron chi connectivity index (χ0n) is 11.7. The summed E-state index contributed by atoms with van der Waals surface area (Å²) in [5, 5.41) is 8.58. The Morgan fingerprint density at radius 1 is 1.35 bits per heavy atom. The molecule has 0 heterocycles. The molecule has 0 aliphatic heterocycles. The van der Waals surface area contributed by atoms with Crippen LogP contribution < -0.4 is 0 Å². The third-order valence-corrected chi connectivity index (χ3v) is 5.55. The molecule has 110 valence electrons. The van der Waals surface area contributed by atoms with Gasteiger partial charge in [0.15, 0.2) is 9.84 Å². The highest BCUT2D eigenvalue weighted by atomic mass is 32.2. The van der Waals surface area contributed by atoms with Gasteiger partial charge in [-0.15, -0.1) is 0 Å². The largest absolute Gasteiger partial charge is 0.481 e. The summed E-state index contributed by atoms with van der Waals surface area (Å²) in [6.45, 7) is 1.81. The Hall–Kier alpha value is -1.40. The number of aliphatic carboxylic acids is 1. The second-order valence-corrected chi connectivity index (χ2v) is 7.58. The van der Waals surface area contributed by atoms with Crippen molar-refractivity contribution in [2.45, 2.75) is 18.1 Å². The zero-order chi connectivity index (χ0) is 15.1. The van der Waals surface area contributed by atoms with Crippen molar-refractivity contribution >= 4 is 15.8 Å². The molecule has 6 heteroatoms. The van der Waals surface area contributed by atoms with Crippen molar-refractivity contribution in [1.82, 2.24) is 0 Å². The van der Waals surface area contributed by atoms with Gasteiger partial charge < -0.3 is 9.84 Å². The fraction of sp³-hybridized carbons (Fsp3) is 0.500. The lowest BCUT2D eigenvalue weighted by Crippen LogP contribution is -2.28. The van der Waals surface area contributed by atoms with E-state index in [4.69, 9.17) is 4.74 Å². The highest BCUT2D eigenvalue weighted by molar-refractivity contribution is 7.91. The molecule has 1 fully saturated rings. The molecule has 1 aromatic carbocycles. The Morgan fingerprint density at radius 3 is 2.30 bits per heavy atom. The molecule has 1 aliphatic carbocycles. The second kappa shape index (κ2) is 4.86. The van der Waals surface area contributed by atoms with Crippen molar-refractivity contribution in [2.75, 3.05) is 20.0 Å². The lowest BCUT2D eigenvalue weighted by Gasteiger charge is -2.11. The summed E-state index contributed by atoms with van der Waals surface area (Å²) in [5.41, 5.74) is 0.390. The molecular weight excluding hydrogens is 280 g/mol. The number of hydrogen-bond donors (Lipinski definition) is 1. The maximum absolute atomic E-state index is 11.9. The molecule has 0 amide bonds. The third kappa shape index (κ3) is 2.23. The van der Waals surface area contributed by atoms with Gasteiger partial charge in [-0.2, -0.15) is 0 Å². The SMILES string of the molecule is COC[C@@]1(C(=O)O)[C@H](S(C)(=O)=O)[C@@H]1c1ccc(C)cc1. The number of benzene rings is 1. The van der Waals surface area contributed by atoms with Crippen molar-refractivity contribution in [3.05, 3.63) is 35.4 Å². The molecule has 1 N–H and O–H groups in total. The Morgan fingerprint density at radius 2 is 1.90 bits per heavy atom. The van der Waals surface area contributed by atoms with Crippen molar-refractivity contribution in [1.29, 1.82) is 0 Å². The van der Waals surface area contributed by atoms with Crippen LogP contribution in [-0.2, 0) is 19.4 Å². The smallest absolute Gasteiger partial charge is 0.314 e. The Labute approximate surface area is 118 Å². The van der Waals surface area contributed by atoms with Crippen molar-refractivity contribution < 1.29 is 23.1 Å². The van der Waals surface area contributed by atoms with Crippen LogP contribution in [0.5, 0.6) is 0 Å². The lowest BCUT2D eigenvalue weighted by molar-refractivity contribution is -0.145. The molecule has 0 spiro atoms. The first-order valence-electron chi connectivity index (χ1n) is 6.23. The topological polar surface area (TPSA) is 80.7 Å². The molecule has 0 saturated heterocycles. The van der Waals surface area contributed by atoms with Crippen LogP contribution in [0, 0.1) is 12.3 Å². The van der Waals surface area contributed by atoms with Crippen LogP contribution in [-0.4, -0.2) is 44.7 Å². The van der Waals surface area contributed by atoms with Gasteiger partial charge in [0.25, 0.3) is 0 Å². The second-order valence-electron chi connectivity index (χ2n) is 5.42. The number of ether oxygens (including phenoxy) is 1. The summed E-state index contributed by atoms with van der Waals surface area (Å²) in [7, 11) is -2.09. The standard InChI is InChI=1S/C14H18O5S/c1-9-4-6-10(7-5-9)11-12(20(3,17)18)14(11,8-19-2)13(15)16/h4-7,11-12H,8H2,1-3H3,(H,15,16)/t11-,12+,14-/m0/s1. The summed E-state index contributed by atoms with van der Waals surface area (Å²) in [6.07, 6.45) is 1.08. The molecule has 0 unspecified atom stereocenters. The van der Waals surface area contributed by atoms with Gasteiger partial charge in [-0.25, -0.2) is 8.42 Å². The predicted octanol–water partition coefficient (Wildman–Crippen LogP) is 1.22. The van der Waals surface area contributed by atoms with E-state index in [0.717, 1.165) is 17.4 Å². The Kier molecular flexibility index (Phi) is 3.64. The van der Waals surface area contributed by atoms with Crippen LogP contribution in [0.15, 0.2) is 24.3 Å². The van der Waals surface area contributed by atoms with Crippen LogP contribution in [0.25, 0.3) is 0 Å². The predicted molar refractivity (Wildman–Crippen MR) is 74.5 cm³/mol. The molecule has 0 radical (unpaired) electrons. The molecule has 2 rings (SSSR count). The van der Waals surface area contributed by atoms with E-state index in [1.54, 1.807) is 12.1 Å². The number of carboxylic acid groups (broad SMARTS) is 1. The summed E-state index contributed by atoms with van der Waals surface area (Å²) in [4.78, 5) is 11.6. The maximum Gasteiger partial charge on any atom is 0.314 e. The van der Waals surface area contributed by atoms with Crippen molar-refractivity contribution in [3.63, 3.8) is 0 Å². The Bertz CT molecular complexity index is 619. The first-order chi connectivity index (χ1) is 9.25. The van der Waals surface area contributed by atoms with Gasteiger partial charge in [0.2, 0.25) is 0 Å². The van der Waals surface area contributed by atoms with Gasteiger partial charge in [0.05, 0.1) is 11.9 Å². The fourth-order valence-corrected chi connectivity index (χ4v) is 4.90. The number of methoxy groups -OCH3 is 1. The van der Waals surface area contributed by atoms with E-state index in [0.29, 0.717) is 0 Å². The molecule has 0 bridgehead atoms. The average Bonchev–Trinajstić information content (AvgIpc) is 3.01. The normalized spacial score (nSPS) is 29.1. The number of carbonyl (C=O) groups is 1. The molecule has 3 atom stereocenters. The van der Waals surface area contributed by atoms with Gasteiger partial charge >= 0.3 is 5.97 Å². The first kappa shape index (κ1) is 15.0. The molecule has 1 aliphatic rings. The fourth-order valence-electron chi connectivity index (χ4n) is 3.01. The van der Waals surface area contributed by atoms with E-state index in [1.165, 1.54) is 7.11 Å². The minimum atomic E-state index is -3.47. The molecular formula is C14H18O5S. The summed E-state index contributed by atoms with van der Waals surface area (Å²) in [6, 6.07) is 7.29. The zero-order valence-corrected chi connectivity index (χ0v) is 12.5. The molecule has 20 heavy (non-hydrogen) atoms. The third-order valence-electron chi connectivity index (χ3n) is 3.94. The molecule has 1 saturated carbocycles. The van der Waals surface area contributed by atoms with E-state index in [9.17, 15) is 18.3 Å². The number of rotatable bonds is 5. The minimum absolute atomic E-state index is 0.112. The van der Waals surface area contributed by atoms with Gasteiger partial charge in [0, 0.05) is 19.3 Å². The van der Waals surface area contributed by atoms with Crippen LogP contribution in [0.3, 0.4) is 0 Å². The average molecular weight is 298 g/mol. The van der Waals surface area contributed by atoms with E-state index in [2.05, 4.69) is 0 Å². The summed E-state index contributed by atoms with van der Waals surface area (Å²) < 4.78 is 28.8. The number of hydrogen-bond acceptors (Lipinski definition) is 4. The van der Waals surface area contributed by atoms with Gasteiger partial charge in [-0.3, -0.25) is 4.79 Å².